The van der Waals surface area contributed by atoms with E-state index in [1.807, 2.05) is 0 Å². The second-order valence-electron chi connectivity index (χ2n) is 2.93. The minimum atomic E-state index is -4.69. The number of nitriles is 1. The van der Waals surface area contributed by atoms with Crippen LogP contribution in [0, 0.1) is 17.1 Å². The molecule has 0 atom stereocenters. The van der Waals surface area contributed by atoms with Crippen LogP contribution in [0.3, 0.4) is 0 Å². The summed E-state index contributed by atoms with van der Waals surface area (Å²) in [5, 5.41) is 8.25. The molecule has 0 radical (unpaired) electrons. The van der Waals surface area contributed by atoms with Gasteiger partial charge < -0.3 is 0 Å². The van der Waals surface area contributed by atoms with Crippen LogP contribution in [0.5, 0.6) is 0 Å². The third kappa shape index (κ3) is 2.69. The Hall–Kier alpha value is -1.57. The van der Waals surface area contributed by atoms with Crippen molar-refractivity contribution in [3.63, 3.8) is 0 Å². The topological polar surface area (TPSA) is 23.8 Å². The minimum absolute atomic E-state index is 0.00176. The maximum Gasteiger partial charge on any atom is 0.419 e. The fraction of sp³-hybridized carbons (Fsp3) is 0.300. The molecule has 0 fully saturated rings. The predicted molar refractivity (Wildman–Crippen MR) is 45.3 cm³/mol. The molecular weight excluding hydrogens is 210 g/mol. The van der Waals surface area contributed by atoms with Crippen LogP contribution in [0.4, 0.5) is 17.6 Å². The van der Waals surface area contributed by atoms with Gasteiger partial charge in [-0.25, -0.2) is 4.39 Å². The quantitative estimate of drug-likeness (QED) is 0.697. The summed E-state index contributed by atoms with van der Waals surface area (Å²) in [5.74, 6) is -1.28. The first-order chi connectivity index (χ1) is 6.96. The lowest BCUT2D eigenvalue weighted by Gasteiger charge is -2.10. The van der Waals surface area contributed by atoms with Crippen molar-refractivity contribution in [3.05, 3.63) is 35.1 Å². The Morgan fingerprint density at radius 2 is 1.93 bits per heavy atom. The summed E-state index contributed by atoms with van der Waals surface area (Å²) in [4.78, 5) is 0. The Kier molecular flexibility index (Phi) is 3.30. The average molecular weight is 217 g/mol. The maximum atomic E-state index is 13.3. The molecule has 0 N–H and O–H groups in total. The highest BCUT2D eigenvalue weighted by Gasteiger charge is 2.34. The van der Waals surface area contributed by atoms with Crippen molar-refractivity contribution in [1.82, 2.24) is 0 Å². The van der Waals surface area contributed by atoms with Gasteiger partial charge in [0.2, 0.25) is 0 Å². The number of rotatable bonds is 2. The summed E-state index contributed by atoms with van der Waals surface area (Å²) in [6.07, 6.45) is -4.70. The summed E-state index contributed by atoms with van der Waals surface area (Å²) >= 11 is 0. The number of hydrogen-bond acceptors (Lipinski definition) is 1. The molecule has 0 heterocycles. The molecule has 0 spiro atoms. The highest BCUT2D eigenvalue weighted by atomic mass is 19.4. The molecule has 0 unspecified atom stereocenters. The van der Waals surface area contributed by atoms with Crippen LogP contribution in [0.2, 0.25) is 0 Å². The van der Waals surface area contributed by atoms with E-state index in [0.29, 0.717) is 6.07 Å². The zero-order chi connectivity index (χ0) is 11.5. The first kappa shape index (κ1) is 11.5. The smallest absolute Gasteiger partial charge is 0.206 e. The molecule has 1 nitrogen and oxygen atoms in total. The van der Waals surface area contributed by atoms with Gasteiger partial charge in [0.05, 0.1) is 11.6 Å². The van der Waals surface area contributed by atoms with E-state index in [4.69, 9.17) is 5.26 Å². The first-order valence-corrected chi connectivity index (χ1v) is 4.18. The van der Waals surface area contributed by atoms with E-state index < -0.39 is 17.6 Å². The lowest BCUT2D eigenvalue weighted by atomic mass is 10.1. The first-order valence-electron chi connectivity index (χ1n) is 4.18. The van der Waals surface area contributed by atoms with Crippen molar-refractivity contribution < 1.29 is 17.6 Å². The molecule has 0 aromatic heterocycles. The van der Waals surface area contributed by atoms with E-state index in [9.17, 15) is 17.6 Å². The van der Waals surface area contributed by atoms with Crippen LogP contribution >= 0.6 is 0 Å². The van der Waals surface area contributed by atoms with E-state index in [1.165, 1.54) is 6.07 Å². The van der Waals surface area contributed by atoms with Gasteiger partial charge in [0.15, 0.2) is 0 Å². The number of benzene rings is 1. The molecule has 0 saturated carbocycles. The molecule has 1 rings (SSSR count). The molecule has 0 bridgehead atoms. The molecule has 0 saturated heterocycles. The van der Waals surface area contributed by atoms with Crippen LogP contribution in [0.25, 0.3) is 0 Å². The van der Waals surface area contributed by atoms with Crippen LogP contribution in [-0.2, 0) is 12.6 Å². The van der Waals surface area contributed by atoms with E-state index >= 15 is 0 Å². The summed E-state index contributed by atoms with van der Waals surface area (Å²) in [6, 6.07) is 4.83. The second kappa shape index (κ2) is 4.30. The maximum absolute atomic E-state index is 13.3. The predicted octanol–water partition coefficient (Wildman–Crippen LogP) is 3.30. The number of hydrogen-bond donors (Lipinski definition) is 0. The fourth-order valence-corrected chi connectivity index (χ4v) is 1.18. The number of nitrogens with zero attached hydrogens (tertiary/aromatic N) is 1. The molecule has 5 heteroatoms. The van der Waals surface area contributed by atoms with Crippen molar-refractivity contribution >= 4 is 0 Å². The summed E-state index contributed by atoms with van der Waals surface area (Å²) in [7, 11) is 0. The van der Waals surface area contributed by atoms with Crippen LogP contribution in [0.15, 0.2) is 18.2 Å². The summed E-state index contributed by atoms with van der Waals surface area (Å²) < 4.78 is 50.0. The van der Waals surface area contributed by atoms with E-state index in [2.05, 4.69) is 0 Å². The van der Waals surface area contributed by atoms with Crippen LogP contribution in [0.1, 0.15) is 17.5 Å². The Morgan fingerprint density at radius 3 is 2.47 bits per heavy atom. The van der Waals surface area contributed by atoms with Gasteiger partial charge in [0, 0.05) is 6.42 Å². The van der Waals surface area contributed by atoms with E-state index in [0.717, 1.165) is 6.07 Å². The van der Waals surface area contributed by atoms with Gasteiger partial charge in [-0.05, 0) is 18.1 Å². The molecule has 1 aromatic rings. The SMILES string of the molecule is N#CCCc1cccc(C(F)(F)F)c1F. The Balaban J connectivity index is 3.07. The fourth-order valence-electron chi connectivity index (χ4n) is 1.18. The van der Waals surface area contributed by atoms with Crippen LogP contribution in [-0.4, -0.2) is 0 Å². The lowest BCUT2D eigenvalue weighted by Crippen LogP contribution is -2.09. The van der Waals surface area contributed by atoms with Gasteiger partial charge in [0.1, 0.15) is 5.82 Å². The van der Waals surface area contributed by atoms with Gasteiger partial charge >= 0.3 is 6.18 Å². The zero-order valence-corrected chi connectivity index (χ0v) is 7.61. The summed E-state index contributed by atoms with van der Waals surface area (Å²) in [6.45, 7) is 0. The lowest BCUT2D eigenvalue weighted by molar-refractivity contribution is -0.140. The monoisotopic (exact) mass is 217 g/mol. The van der Waals surface area contributed by atoms with Gasteiger partial charge in [-0.1, -0.05) is 12.1 Å². The average Bonchev–Trinajstić information content (AvgIpc) is 2.14. The minimum Gasteiger partial charge on any atom is -0.206 e. The van der Waals surface area contributed by atoms with Crippen molar-refractivity contribution in [3.8, 4) is 6.07 Å². The zero-order valence-electron chi connectivity index (χ0n) is 7.61. The van der Waals surface area contributed by atoms with Crippen molar-refractivity contribution in [2.75, 3.05) is 0 Å². The normalized spacial score (nSPS) is 11.1. The highest BCUT2D eigenvalue weighted by Crippen LogP contribution is 2.32. The molecular formula is C10H7F4N. The van der Waals surface area contributed by atoms with E-state index in [-0.39, 0.29) is 18.4 Å². The molecule has 80 valence electrons. The van der Waals surface area contributed by atoms with Crippen molar-refractivity contribution in [1.29, 1.82) is 5.26 Å². The standard InChI is InChI=1S/C10H7F4N/c11-9-7(4-2-6-15)3-1-5-8(9)10(12,13)14/h1,3,5H,2,4H2. The molecule has 0 aliphatic rings. The van der Waals surface area contributed by atoms with Gasteiger partial charge in [-0.2, -0.15) is 18.4 Å². The summed E-state index contributed by atoms with van der Waals surface area (Å²) in [5.41, 5.74) is -1.36. The number of alkyl halides is 3. The van der Waals surface area contributed by atoms with Gasteiger partial charge in [0.25, 0.3) is 0 Å². The van der Waals surface area contributed by atoms with Crippen molar-refractivity contribution in [2.45, 2.75) is 19.0 Å². The molecule has 0 aliphatic heterocycles. The highest BCUT2D eigenvalue weighted by molar-refractivity contribution is 5.28. The Bertz CT molecular complexity index is 389. The third-order valence-corrected chi connectivity index (χ3v) is 1.89. The second-order valence-corrected chi connectivity index (χ2v) is 2.93. The van der Waals surface area contributed by atoms with E-state index in [1.54, 1.807) is 6.07 Å². The largest absolute Gasteiger partial charge is 0.419 e. The van der Waals surface area contributed by atoms with Crippen molar-refractivity contribution in [2.24, 2.45) is 0 Å². The van der Waals surface area contributed by atoms with Crippen LogP contribution < -0.4 is 0 Å². The van der Waals surface area contributed by atoms with Gasteiger partial charge in [-0.3, -0.25) is 0 Å². The van der Waals surface area contributed by atoms with Gasteiger partial charge in [-0.15, -0.1) is 0 Å². The Morgan fingerprint density at radius 1 is 1.27 bits per heavy atom. The number of halogens is 4. The third-order valence-electron chi connectivity index (χ3n) is 1.89. The molecule has 1 aromatic carbocycles. The molecule has 0 amide bonds. The molecule has 0 aliphatic carbocycles. The number of aryl methyl sites for hydroxylation is 1. The Labute approximate surface area is 83.9 Å². The molecule has 15 heavy (non-hydrogen) atoms.